The van der Waals surface area contributed by atoms with Crippen LogP contribution in [0.1, 0.15) is 23.6 Å². The summed E-state index contributed by atoms with van der Waals surface area (Å²) in [7, 11) is -4.37. The summed E-state index contributed by atoms with van der Waals surface area (Å²) in [6.07, 6.45) is -4.33. The molecule has 1 unspecified atom stereocenters. The molecule has 2 aromatic rings. The van der Waals surface area contributed by atoms with E-state index in [1.807, 2.05) is 12.1 Å². The number of rotatable bonds is 3. The lowest BCUT2D eigenvalue weighted by molar-refractivity contribution is -0.139. The smallest absolute Gasteiger partial charge is 0.207 e. The van der Waals surface area contributed by atoms with E-state index in [4.69, 9.17) is 11.6 Å². The number of nitrogens with one attached hydrogen (secondary N) is 1. The fourth-order valence-corrected chi connectivity index (χ4v) is 5.43. The van der Waals surface area contributed by atoms with E-state index in [-0.39, 0.29) is 5.02 Å². The third-order valence-electron chi connectivity index (χ3n) is 3.79. The van der Waals surface area contributed by atoms with Gasteiger partial charge in [-0.1, -0.05) is 29.8 Å². The van der Waals surface area contributed by atoms with Gasteiger partial charge >= 0.3 is 6.18 Å². The van der Waals surface area contributed by atoms with Gasteiger partial charge in [0.1, 0.15) is 0 Å². The fourth-order valence-electron chi connectivity index (χ4n) is 2.67. The van der Waals surface area contributed by atoms with E-state index in [0.717, 1.165) is 22.6 Å². The Morgan fingerprint density at radius 1 is 1.16 bits per heavy atom. The molecule has 25 heavy (non-hydrogen) atoms. The first-order valence-corrected chi connectivity index (χ1v) is 10.1. The van der Waals surface area contributed by atoms with Gasteiger partial charge in [0.05, 0.1) is 10.5 Å². The van der Waals surface area contributed by atoms with Crippen LogP contribution in [0.2, 0.25) is 5.02 Å². The zero-order chi connectivity index (χ0) is 18.2. The van der Waals surface area contributed by atoms with E-state index in [1.165, 1.54) is 0 Å². The second kappa shape index (κ2) is 6.83. The Morgan fingerprint density at radius 2 is 1.88 bits per heavy atom. The van der Waals surface area contributed by atoms with Crippen molar-refractivity contribution < 1.29 is 21.6 Å². The summed E-state index contributed by atoms with van der Waals surface area (Å²) in [5.74, 6) is 0.678. The van der Waals surface area contributed by atoms with Crippen molar-refractivity contribution in [3.05, 3.63) is 58.6 Å². The normalized spacial score (nSPS) is 18.0. The van der Waals surface area contributed by atoms with Crippen molar-refractivity contribution >= 4 is 33.4 Å². The Morgan fingerprint density at radius 3 is 2.60 bits per heavy atom. The summed E-state index contributed by atoms with van der Waals surface area (Å²) in [5.41, 5.74) is -0.504. The third-order valence-corrected chi connectivity index (χ3v) is 6.68. The van der Waals surface area contributed by atoms with Crippen molar-refractivity contribution in [1.82, 2.24) is 4.72 Å². The quantitative estimate of drug-likeness (QED) is 0.789. The number of hydrogen-bond donors (Lipinski definition) is 1. The van der Waals surface area contributed by atoms with Crippen LogP contribution in [0.25, 0.3) is 0 Å². The number of alkyl halides is 3. The highest BCUT2D eigenvalue weighted by Crippen LogP contribution is 2.39. The average Bonchev–Trinajstić information content (AvgIpc) is 2.54. The van der Waals surface area contributed by atoms with Gasteiger partial charge in [-0.3, -0.25) is 0 Å². The van der Waals surface area contributed by atoms with Crippen LogP contribution in [-0.4, -0.2) is 14.2 Å². The highest BCUT2D eigenvalue weighted by atomic mass is 35.5. The van der Waals surface area contributed by atoms with Crippen LogP contribution in [0, 0.1) is 0 Å². The average molecular weight is 408 g/mol. The molecule has 0 bridgehead atoms. The number of thioether (sulfide) groups is 1. The third kappa shape index (κ3) is 3.97. The Kier molecular flexibility index (Phi) is 5.07. The molecular formula is C16H13ClF3NO2S2. The number of halogens is 4. The lowest BCUT2D eigenvalue weighted by Crippen LogP contribution is -2.32. The van der Waals surface area contributed by atoms with Gasteiger partial charge in [0.2, 0.25) is 10.0 Å². The van der Waals surface area contributed by atoms with Crippen molar-refractivity contribution in [2.75, 3.05) is 5.75 Å². The molecule has 9 heteroatoms. The predicted molar refractivity (Wildman–Crippen MR) is 91.3 cm³/mol. The summed E-state index contributed by atoms with van der Waals surface area (Å²) in [6, 6.07) is 9.33. The zero-order valence-corrected chi connectivity index (χ0v) is 15.1. The van der Waals surface area contributed by atoms with Crippen molar-refractivity contribution in [3.63, 3.8) is 0 Å². The first-order valence-electron chi connectivity index (χ1n) is 7.29. The van der Waals surface area contributed by atoms with E-state index in [0.29, 0.717) is 18.2 Å². The molecule has 1 aliphatic rings. The molecule has 0 saturated carbocycles. The van der Waals surface area contributed by atoms with Crippen LogP contribution in [-0.2, 0) is 16.2 Å². The van der Waals surface area contributed by atoms with Gasteiger partial charge < -0.3 is 0 Å². The van der Waals surface area contributed by atoms with Gasteiger partial charge in [-0.2, -0.15) is 13.2 Å². The standard InChI is InChI=1S/C16H13ClF3NO2S2/c17-10-5-6-15(12(9-10)16(18,19)20)25(22,23)21-13-7-8-24-14-4-2-1-3-11(13)14/h1-6,9,13,21H,7-8H2. The van der Waals surface area contributed by atoms with E-state index in [2.05, 4.69) is 4.72 Å². The SMILES string of the molecule is O=S(=O)(NC1CCSc2ccccc21)c1ccc(Cl)cc1C(F)(F)F. The number of hydrogen-bond acceptors (Lipinski definition) is 3. The number of fused-ring (bicyclic) bond motifs is 1. The molecule has 3 rings (SSSR count). The van der Waals surface area contributed by atoms with Gasteiger partial charge in [-0.05, 0) is 42.0 Å². The van der Waals surface area contributed by atoms with E-state index < -0.39 is 32.7 Å². The highest BCUT2D eigenvalue weighted by Gasteiger charge is 2.38. The van der Waals surface area contributed by atoms with Crippen molar-refractivity contribution in [2.24, 2.45) is 0 Å². The maximum atomic E-state index is 13.2. The van der Waals surface area contributed by atoms with Crippen LogP contribution in [0.5, 0.6) is 0 Å². The number of benzene rings is 2. The summed E-state index contributed by atoms with van der Waals surface area (Å²) >= 11 is 7.21. The van der Waals surface area contributed by atoms with Crippen LogP contribution in [0.4, 0.5) is 13.2 Å². The van der Waals surface area contributed by atoms with Crippen molar-refractivity contribution in [2.45, 2.75) is 28.4 Å². The minimum absolute atomic E-state index is 0.175. The topological polar surface area (TPSA) is 46.2 Å². The minimum atomic E-state index is -4.82. The Labute approximate surface area is 152 Å². The summed E-state index contributed by atoms with van der Waals surface area (Å²) in [5, 5.41) is -0.175. The van der Waals surface area contributed by atoms with Gasteiger partial charge in [-0.15, -0.1) is 11.8 Å². The molecule has 1 atom stereocenters. The summed E-state index contributed by atoms with van der Waals surface area (Å²) in [6.45, 7) is 0. The van der Waals surface area contributed by atoms with E-state index in [9.17, 15) is 21.6 Å². The Bertz CT molecular complexity index is 900. The first-order chi connectivity index (χ1) is 11.7. The maximum Gasteiger partial charge on any atom is 0.417 e. The molecule has 2 aromatic carbocycles. The molecule has 0 aliphatic carbocycles. The van der Waals surface area contributed by atoms with Gasteiger partial charge in [0, 0.05) is 16.0 Å². The molecule has 0 spiro atoms. The van der Waals surface area contributed by atoms with Crippen LogP contribution in [0.15, 0.2) is 52.3 Å². The highest BCUT2D eigenvalue weighted by molar-refractivity contribution is 7.99. The second-order valence-corrected chi connectivity index (χ2v) is 8.74. The largest absolute Gasteiger partial charge is 0.417 e. The molecule has 0 aromatic heterocycles. The Hall–Kier alpha value is -1.22. The molecule has 3 nitrogen and oxygen atoms in total. The van der Waals surface area contributed by atoms with Crippen LogP contribution in [0.3, 0.4) is 0 Å². The van der Waals surface area contributed by atoms with E-state index >= 15 is 0 Å². The summed E-state index contributed by atoms with van der Waals surface area (Å²) < 4.78 is 67.3. The fraction of sp³-hybridized carbons (Fsp3) is 0.250. The van der Waals surface area contributed by atoms with Crippen molar-refractivity contribution in [1.29, 1.82) is 0 Å². The molecule has 0 amide bonds. The molecule has 1 aliphatic heterocycles. The molecule has 0 radical (unpaired) electrons. The van der Waals surface area contributed by atoms with Crippen LogP contribution < -0.4 is 4.72 Å². The maximum absolute atomic E-state index is 13.2. The van der Waals surface area contributed by atoms with Crippen molar-refractivity contribution in [3.8, 4) is 0 Å². The second-order valence-electron chi connectivity index (χ2n) is 5.49. The number of sulfonamides is 1. The minimum Gasteiger partial charge on any atom is -0.207 e. The molecule has 1 heterocycles. The molecule has 1 N–H and O–H groups in total. The monoisotopic (exact) mass is 407 g/mol. The lowest BCUT2D eigenvalue weighted by atomic mass is 10.1. The summed E-state index contributed by atoms with van der Waals surface area (Å²) in [4.78, 5) is 0.105. The van der Waals surface area contributed by atoms with Gasteiger partial charge in [0.25, 0.3) is 0 Å². The Balaban J connectivity index is 2.00. The van der Waals surface area contributed by atoms with Gasteiger partial charge in [0.15, 0.2) is 0 Å². The van der Waals surface area contributed by atoms with E-state index in [1.54, 1.807) is 23.9 Å². The molecular weight excluding hydrogens is 395 g/mol. The molecule has 0 fully saturated rings. The molecule has 134 valence electrons. The zero-order valence-electron chi connectivity index (χ0n) is 12.7. The predicted octanol–water partition coefficient (Wildman–Crippen LogP) is 4.87. The molecule has 0 saturated heterocycles. The first kappa shape index (κ1) is 18.6. The lowest BCUT2D eigenvalue weighted by Gasteiger charge is -2.26. The van der Waals surface area contributed by atoms with Crippen LogP contribution >= 0.6 is 23.4 Å². The van der Waals surface area contributed by atoms with Gasteiger partial charge in [-0.25, -0.2) is 13.1 Å².